The van der Waals surface area contributed by atoms with E-state index >= 15 is 0 Å². The number of hydrogen-bond donors (Lipinski definition) is 1. The smallest absolute Gasteiger partial charge is 0.329 e. The van der Waals surface area contributed by atoms with Crippen molar-refractivity contribution < 1.29 is 14.0 Å². The second kappa shape index (κ2) is 9.48. The Morgan fingerprint density at radius 1 is 1.03 bits per heavy atom. The molecule has 3 aromatic rings. The van der Waals surface area contributed by atoms with Crippen LogP contribution in [0, 0.1) is 11.7 Å². The van der Waals surface area contributed by atoms with Gasteiger partial charge in [0.25, 0.3) is 11.5 Å². The van der Waals surface area contributed by atoms with Gasteiger partial charge < -0.3 is 9.80 Å². The number of hydrogen-bond acceptors (Lipinski definition) is 4. The van der Waals surface area contributed by atoms with Crippen molar-refractivity contribution in [3.05, 3.63) is 80.2 Å². The van der Waals surface area contributed by atoms with Gasteiger partial charge in [-0.15, -0.1) is 0 Å². The highest BCUT2D eigenvalue weighted by Crippen LogP contribution is 2.26. The van der Waals surface area contributed by atoms with Gasteiger partial charge in [-0.25, -0.2) is 9.18 Å². The van der Waals surface area contributed by atoms with Gasteiger partial charge in [-0.05, 0) is 48.6 Å². The third kappa shape index (κ3) is 4.62. The largest absolute Gasteiger partial charge is 0.339 e. The predicted octanol–water partition coefficient (Wildman–Crippen LogP) is 2.35. The fourth-order valence-corrected chi connectivity index (χ4v) is 5.17. The summed E-state index contributed by atoms with van der Waals surface area (Å²) in [5.41, 5.74) is -0.229. The molecule has 9 heteroatoms. The summed E-state index contributed by atoms with van der Waals surface area (Å²) in [5.74, 6) is -0.808. The predicted molar refractivity (Wildman–Crippen MR) is 129 cm³/mol. The summed E-state index contributed by atoms with van der Waals surface area (Å²) in [6.45, 7) is 1.50. The van der Waals surface area contributed by atoms with Crippen molar-refractivity contribution >= 4 is 22.7 Å². The van der Waals surface area contributed by atoms with Crippen molar-refractivity contribution in [1.29, 1.82) is 0 Å². The van der Waals surface area contributed by atoms with Crippen molar-refractivity contribution in [2.24, 2.45) is 5.92 Å². The van der Waals surface area contributed by atoms with Crippen LogP contribution in [0.3, 0.4) is 0 Å². The highest BCUT2D eigenvalue weighted by molar-refractivity contribution is 5.97. The first-order valence-electron chi connectivity index (χ1n) is 12.0. The molecule has 1 saturated carbocycles. The molecule has 2 aromatic carbocycles. The molecule has 5 rings (SSSR count). The third-order valence-electron chi connectivity index (χ3n) is 7.07. The first kappa shape index (κ1) is 23.0. The van der Waals surface area contributed by atoms with Gasteiger partial charge in [0.1, 0.15) is 12.4 Å². The average Bonchev–Trinajstić information content (AvgIpc) is 3.37. The average molecular weight is 479 g/mol. The van der Waals surface area contributed by atoms with Crippen molar-refractivity contribution in [2.45, 2.75) is 32.2 Å². The molecule has 0 bridgehead atoms. The van der Waals surface area contributed by atoms with Crippen molar-refractivity contribution in [2.75, 3.05) is 26.2 Å². The molecule has 1 aliphatic carbocycles. The van der Waals surface area contributed by atoms with Crippen LogP contribution >= 0.6 is 0 Å². The lowest BCUT2D eigenvalue weighted by Crippen LogP contribution is -2.53. The van der Waals surface area contributed by atoms with E-state index in [9.17, 15) is 23.6 Å². The lowest BCUT2D eigenvalue weighted by atomic mass is 10.1. The second-order valence-corrected chi connectivity index (χ2v) is 9.39. The fourth-order valence-electron chi connectivity index (χ4n) is 5.17. The molecule has 35 heavy (non-hydrogen) atoms. The van der Waals surface area contributed by atoms with Crippen LogP contribution in [0.4, 0.5) is 4.39 Å². The topological polar surface area (TPSA) is 95.5 Å². The molecular weight excluding hydrogens is 451 g/mol. The molecule has 0 radical (unpaired) electrons. The van der Waals surface area contributed by atoms with E-state index in [1.54, 1.807) is 24.3 Å². The molecule has 1 aliphatic heterocycles. The van der Waals surface area contributed by atoms with E-state index in [0.717, 1.165) is 19.4 Å². The summed E-state index contributed by atoms with van der Waals surface area (Å²) in [6.07, 6.45) is 4.68. The minimum absolute atomic E-state index is 0.0464. The quantitative estimate of drug-likeness (QED) is 0.609. The lowest BCUT2D eigenvalue weighted by Gasteiger charge is -2.35. The van der Waals surface area contributed by atoms with Crippen LogP contribution in [0.15, 0.2) is 52.1 Å². The zero-order valence-electron chi connectivity index (χ0n) is 19.3. The number of aromatic amines is 1. The standard InChI is InChI=1S/C26H27FN4O4/c27-21-10-9-18(15-31-22-8-4-3-7-19(22)24(33)28-26(31)35)13-20(21)25(34)30-12-11-29(23(32)16-30)14-17-5-1-2-6-17/h3-4,7-10,13,17H,1-2,5-6,11-12,14-16H2,(H,28,33,35). The first-order chi connectivity index (χ1) is 16.9. The lowest BCUT2D eigenvalue weighted by molar-refractivity contribution is -0.135. The molecule has 1 saturated heterocycles. The van der Waals surface area contributed by atoms with Gasteiger partial charge >= 0.3 is 5.69 Å². The SMILES string of the molecule is O=C1CN(C(=O)c2cc(Cn3c(=O)[nH]c(=O)c4ccccc43)ccc2F)CCN1CC1CCCC1. The van der Waals surface area contributed by atoms with Crippen LogP contribution < -0.4 is 11.2 Å². The van der Waals surface area contributed by atoms with E-state index in [1.165, 1.54) is 40.5 Å². The van der Waals surface area contributed by atoms with Crippen LogP contribution in [-0.2, 0) is 11.3 Å². The van der Waals surface area contributed by atoms with Crippen LogP contribution in [0.2, 0.25) is 0 Å². The fraction of sp³-hybridized carbons (Fsp3) is 0.385. The van der Waals surface area contributed by atoms with Crippen LogP contribution in [0.1, 0.15) is 41.6 Å². The molecule has 2 aliphatic rings. The number of benzene rings is 2. The number of H-pyrrole nitrogens is 1. The zero-order chi connectivity index (χ0) is 24.5. The number of carbonyl (C=O) groups is 2. The number of carbonyl (C=O) groups excluding carboxylic acids is 2. The summed E-state index contributed by atoms with van der Waals surface area (Å²) < 4.78 is 16.1. The van der Waals surface area contributed by atoms with E-state index in [1.807, 2.05) is 4.90 Å². The van der Waals surface area contributed by atoms with E-state index in [0.29, 0.717) is 35.5 Å². The molecule has 2 fully saturated rings. The minimum Gasteiger partial charge on any atom is -0.339 e. The Kier molecular flexibility index (Phi) is 6.23. The maximum atomic E-state index is 14.7. The molecule has 2 heterocycles. The van der Waals surface area contributed by atoms with Gasteiger partial charge in [0.2, 0.25) is 5.91 Å². The van der Waals surface area contributed by atoms with E-state index in [2.05, 4.69) is 4.98 Å². The van der Waals surface area contributed by atoms with Crippen molar-refractivity contribution in [3.8, 4) is 0 Å². The maximum absolute atomic E-state index is 14.7. The van der Waals surface area contributed by atoms with Crippen molar-refractivity contribution in [1.82, 2.24) is 19.4 Å². The van der Waals surface area contributed by atoms with Gasteiger partial charge in [0.05, 0.1) is 23.0 Å². The Morgan fingerprint density at radius 3 is 2.57 bits per heavy atom. The van der Waals surface area contributed by atoms with Gasteiger partial charge in [0, 0.05) is 19.6 Å². The summed E-state index contributed by atoms with van der Waals surface area (Å²) >= 11 is 0. The second-order valence-electron chi connectivity index (χ2n) is 9.39. The Labute approximate surface area is 201 Å². The summed E-state index contributed by atoms with van der Waals surface area (Å²) in [4.78, 5) is 55.9. The Bertz CT molecular complexity index is 1410. The monoisotopic (exact) mass is 478 g/mol. The van der Waals surface area contributed by atoms with Gasteiger partial charge in [-0.3, -0.25) is 23.9 Å². The molecule has 2 amide bonds. The number of fused-ring (bicyclic) bond motifs is 1. The first-order valence-corrected chi connectivity index (χ1v) is 12.0. The summed E-state index contributed by atoms with van der Waals surface area (Å²) in [5, 5.41) is 0.361. The van der Waals surface area contributed by atoms with Crippen molar-refractivity contribution in [3.63, 3.8) is 0 Å². The maximum Gasteiger partial charge on any atom is 0.329 e. The molecule has 0 atom stereocenters. The summed E-state index contributed by atoms with van der Waals surface area (Å²) in [6, 6.07) is 10.8. The Balaban J connectivity index is 1.35. The number of halogens is 1. The molecule has 182 valence electrons. The number of rotatable bonds is 5. The van der Waals surface area contributed by atoms with Crippen LogP contribution in [-0.4, -0.2) is 57.3 Å². The number of nitrogens with one attached hydrogen (secondary N) is 1. The normalized spacial score (nSPS) is 16.9. The van der Waals surface area contributed by atoms with E-state index < -0.39 is 23.0 Å². The van der Waals surface area contributed by atoms with Gasteiger partial charge in [0.15, 0.2) is 0 Å². The number of nitrogens with zero attached hydrogens (tertiary/aromatic N) is 3. The highest BCUT2D eigenvalue weighted by atomic mass is 19.1. The number of aromatic nitrogens is 2. The van der Waals surface area contributed by atoms with Gasteiger partial charge in [-0.1, -0.05) is 31.0 Å². The Hall–Kier alpha value is -3.75. The van der Waals surface area contributed by atoms with Crippen LogP contribution in [0.25, 0.3) is 10.9 Å². The molecule has 0 unspecified atom stereocenters. The zero-order valence-corrected chi connectivity index (χ0v) is 19.3. The molecule has 0 spiro atoms. The van der Waals surface area contributed by atoms with Gasteiger partial charge in [-0.2, -0.15) is 0 Å². The third-order valence-corrected chi connectivity index (χ3v) is 7.07. The molecular formula is C26H27FN4O4. The van der Waals surface area contributed by atoms with E-state index in [4.69, 9.17) is 0 Å². The molecule has 1 N–H and O–H groups in total. The number of para-hydroxylation sites is 1. The van der Waals surface area contributed by atoms with Crippen LogP contribution in [0.5, 0.6) is 0 Å². The van der Waals surface area contributed by atoms with E-state index in [-0.39, 0.29) is 24.6 Å². The molecule has 1 aromatic heterocycles. The number of amides is 2. The minimum atomic E-state index is -0.682. The number of piperazine rings is 1. The highest BCUT2D eigenvalue weighted by Gasteiger charge is 2.31. The Morgan fingerprint density at radius 2 is 1.80 bits per heavy atom. The molecule has 8 nitrogen and oxygen atoms in total. The summed E-state index contributed by atoms with van der Waals surface area (Å²) in [7, 11) is 0.